The average Bonchev–Trinajstić information content (AvgIpc) is 2.45. The Morgan fingerprint density at radius 2 is 1.90 bits per heavy atom. The minimum atomic E-state index is -4.43. The number of hydrogen-bond acceptors (Lipinski definition) is 3. The van der Waals surface area contributed by atoms with Crippen LogP contribution in [-0.2, 0) is 10.9 Å². The third-order valence-corrected chi connectivity index (χ3v) is 3.70. The fourth-order valence-corrected chi connectivity index (χ4v) is 2.56. The van der Waals surface area contributed by atoms with Crippen LogP contribution < -0.4 is 11.1 Å². The number of benzene rings is 1. The predicted octanol–water partition coefficient (Wildman–Crippen LogP) is 4.05. The molecule has 0 unspecified atom stereocenters. The maximum Gasteiger partial charge on any atom is 0.418 e. The molecule has 1 aliphatic rings. The molecule has 1 saturated carbocycles. The van der Waals surface area contributed by atoms with Crippen molar-refractivity contribution < 1.29 is 17.9 Å². The lowest BCUT2D eigenvalue weighted by atomic mass is 9.98. The molecule has 21 heavy (non-hydrogen) atoms. The van der Waals surface area contributed by atoms with Gasteiger partial charge in [0.15, 0.2) is 0 Å². The maximum atomic E-state index is 12.7. The number of alkyl halides is 3. The van der Waals surface area contributed by atoms with Crippen molar-refractivity contribution in [1.82, 2.24) is 0 Å². The summed E-state index contributed by atoms with van der Waals surface area (Å²) in [5.41, 5.74) is 4.70. The number of nitrogen functional groups attached to an aromatic ring is 1. The highest BCUT2D eigenvalue weighted by Crippen LogP contribution is 2.35. The van der Waals surface area contributed by atoms with Crippen LogP contribution in [0.5, 0.6) is 0 Å². The summed E-state index contributed by atoms with van der Waals surface area (Å²) in [4.78, 5) is 0. The van der Waals surface area contributed by atoms with Gasteiger partial charge in [0.05, 0.1) is 18.3 Å². The number of anilines is 2. The van der Waals surface area contributed by atoms with Gasteiger partial charge < -0.3 is 15.8 Å². The summed E-state index contributed by atoms with van der Waals surface area (Å²) in [6.45, 7) is 0.980. The van der Waals surface area contributed by atoms with Gasteiger partial charge in [-0.1, -0.05) is 19.3 Å². The van der Waals surface area contributed by atoms with Gasteiger partial charge >= 0.3 is 6.18 Å². The van der Waals surface area contributed by atoms with Crippen molar-refractivity contribution in [2.45, 2.75) is 44.4 Å². The molecule has 3 N–H and O–H groups in total. The second-order valence-corrected chi connectivity index (χ2v) is 5.36. The third-order valence-electron chi connectivity index (χ3n) is 3.70. The minimum absolute atomic E-state index is 0.258. The summed E-state index contributed by atoms with van der Waals surface area (Å²) < 4.78 is 43.9. The Morgan fingerprint density at radius 1 is 1.19 bits per heavy atom. The summed E-state index contributed by atoms with van der Waals surface area (Å²) in [5.74, 6) is 0. The van der Waals surface area contributed by atoms with Crippen molar-refractivity contribution in [2.24, 2.45) is 0 Å². The SMILES string of the molecule is Nc1ccc(NCCOC2CCCCC2)cc1C(F)(F)F. The lowest BCUT2D eigenvalue weighted by Gasteiger charge is -2.22. The van der Waals surface area contributed by atoms with E-state index in [-0.39, 0.29) is 5.69 Å². The molecular weight excluding hydrogens is 281 g/mol. The van der Waals surface area contributed by atoms with Crippen molar-refractivity contribution in [2.75, 3.05) is 24.2 Å². The lowest BCUT2D eigenvalue weighted by Crippen LogP contribution is -2.20. The summed E-state index contributed by atoms with van der Waals surface area (Å²) in [6.07, 6.45) is 1.71. The van der Waals surface area contributed by atoms with Crippen LogP contribution in [0, 0.1) is 0 Å². The van der Waals surface area contributed by atoms with Crippen molar-refractivity contribution in [3.8, 4) is 0 Å². The van der Waals surface area contributed by atoms with E-state index in [1.165, 1.54) is 25.3 Å². The highest BCUT2D eigenvalue weighted by atomic mass is 19.4. The topological polar surface area (TPSA) is 47.3 Å². The first-order chi connectivity index (χ1) is 9.97. The van der Waals surface area contributed by atoms with Gasteiger partial charge in [0.25, 0.3) is 0 Å². The molecule has 1 aromatic rings. The molecule has 0 amide bonds. The second kappa shape index (κ2) is 7.02. The van der Waals surface area contributed by atoms with Crippen molar-refractivity contribution in [1.29, 1.82) is 0 Å². The lowest BCUT2D eigenvalue weighted by molar-refractivity contribution is -0.136. The maximum absolute atomic E-state index is 12.7. The summed E-state index contributed by atoms with van der Waals surface area (Å²) in [6, 6.07) is 3.86. The molecule has 0 atom stereocenters. The van der Waals surface area contributed by atoms with E-state index in [9.17, 15) is 13.2 Å². The van der Waals surface area contributed by atoms with Crippen LogP contribution in [-0.4, -0.2) is 19.3 Å². The number of nitrogens with one attached hydrogen (secondary N) is 1. The number of hydrogen-bond donors (Lipinski definition) is 2. The molecule has 0 heterocycles. The Morgan fingerprint density at radius 3 is 2.57 bits per heavy atom. The quantitative estimate of drug-likeness (QED) is 0.637. The van der Waals surface area contributed by atoms with Crippen LogP contribution in [0.1, 0.15) is 37.7 Å². The van der Waals surface area contributed by atoms with Gasteiger partial charge in [-0.15, -0.1) is 0 Å². The molecule has 0 saturated heterocycles. The fourth-order valence-electron chi connectivity index (χ4n) is 2.56. The monoisotopic (exact) mass is 302 g/mol. The predicted molar refractivity (Wildman–Crippen MR) is 77.2 cm³/mol. The van der Waals surface area contributed by atoms with E-state index in [2.05, 4.69) is 5.32 Å². The molecule has 1 fully saturated rings. The first kappa shape index (κ1) is 15.9. The molecule has 2 rings (SSSR count). The zero-order valence-corrected chi connectivity index (χ0v) is 11.9. The summed E-state index contributed by atoms with van der Waals surface area (Å²) in [7, 11) is 0. The van der Waals surface area contributed by atoms with E-state index in [4.69, 9.17) is 10.5 Å². The Labute approximate surface area is 122 Å². The van der Waals surface area contributed by atoms with E-state index in [0.717, 1.165) is 18.9 Å². The van der Waals surface area contributed by atoms with E-state index < -0.39 is 11.7 Å². The van der Waals surface area contributed by atoms with Crippen LogP contribution in [0.3, 0.4) is 0 Å². The Hall–Kier alpha value is -1.43. The number of ether oxygens (including phenoxy) is 1. The Balaban J connectivity index is 1.80. The first-order valence-electron chi connectivity index (χ1n) is 7.29. The molecule has 1 aromatic carbocycles. The minimum Gasteiger partial charge on any atom is -0.398 e. The van der Waals surface area contributed by atoms with Crippen LogP contribution >= 0.6 is 0 Å². The number of rotatable bonds is 5. The molecule has 1 aliphatic carbocycles. The highest BCUT2D eigenvalue weighted by molar-refractivity contribution is 5.58. The number of nitrogens with two attached hydrogens (primary N) is 1. The molecule has 3 nitrogen and oxygen atoms in total. The van der Waals surface area contributed by atoms with Gasteiger partial charge in [-0.2, -0.15) is 13.2 Å². The van der Waals surface area contributed by atoms with E-state index in [1.807, 2.05) is 0 Å². The van der Waals surface area contributed by atoms with Crippen LogP contribution in [0.15, 0.2) is 18.2 Å². The molecular formula is C15H21F3N2O. The van der Waals surface area contributed by atoms with Crippen LogP contribution in [0.25, 0.3) is 0 Å². The van der Waals surface area contributed by atoms with Crippen LogP contribution in [0.2, 0.25) is 0 Å². The van der Waals surface area contributed by atoms with Gasteiger partial charge in [-0.25, -0.2) is 0 Å². The highest BCUT2D eigenvalue weighted by Gasteiger charge is 2.33. The zero-order chi connectivity index (χ0) is 15.3. The summed E-state index contributed by atoms with van der Waals surface area (Å²) in [5, 5.41) is 2.94. The van der Waals surface area contributed by atoms with Gasteiger partial charge in [0, 0.05) is 17.9 Å². The fraction of sp³-hybridized carbons (Fsp3) is 0.600. The first-order valence-corrected chi connectivity index (χ1v) is 7.29. The van der Waals surface area contributed by atoms with Gasteiger partial charge in [-0.3, -0.25) is 0 Å². The molecule has 0 bridgehead atoms. The number of halogens is 3. The van der Waals surface area contributed by atoms with Crippen molar-refractivity contribution in [3.05, 3.63) is 23.8 Å². The normalized spacial score (nSPS) is 16.9. The standard InChI is InChI=1S/C15H21F3N2O/c16-15(17,18)13-10-11(6-7-14(13)19)20-8-9-21-12-4-2-1-3-5-12/h6-7,10,12,20H,1-5,8-9,19H2. The van der Waals surface area contributed by atoms with Crippen molar-refractivity contribution >= 4 is 11.4 Å². The zero-order valence-electron chi connectivity index (χ0n) is 11.9. The molecule has 0 radical (unpaired) electrons. The summed E-state index contributed by atoms with van der Waals surface area (Å²) >= 11 is 0. The molecule has 6 heteroatoms. The van der Waals surface area contributed by atoms with Gasteiger partial charge in [-0.05, 0) is 31.0 Å². The smallest absolute Gasteiger partial charge is 0.398 e. The van der Waals surface area contributed by atoms with E-state index >= 15 is 0 Å². The van der Waals surface area contributed by atoms with E-state index in [1.54, 1.807) is 6.07 Å². The second-order valence-electron chi connectivity index (χ2n) is 5.36. The third kappa shape index (κ3) is 4.81. The largest absolute Gasteiger partial charge is 0.418 e. The van der Waals surface area contributed by atoms with Gasteiger partial charge in [0.2, 0.25) is 0 Å². The van der Waals surface area contributed by atoms with Crippen molar-refractivity contribution in [3.63, 3.8) is 0 Å². The molecule has 0 aliphatic heterocycles. The van der Waals surface area contributed by atoms with Crippen LogP contribution in [0.4, 0.5) is 24.5 Å². The Kier molecular flexibility index (Phi) is 5.33. The van der Waals surface area contributed by atoms with E-state index in [0.29, 0.717) is 24.9 Å². The molecule has 0 aromatic heterocycles. The molecule has 0 spiro atoms. The van der Waals surface area contributed by atoms with Gasteiger partial charge in [0.1, 0.15) is 0 Å². The average molecular weight is 302 g/mol. The Bertz CT molecular complexity index is 457. The molecule has 118 valence electrons.